The van der Waals surface area contributed by atoms with Crippen molar-refractivity contribution in [3.05, 3.63) is 35.5 Å². The number of aryl methyl sites for hydroxylation is 2. The summed E-state index contributed by atoms with van der Waals surface area (Å²) < 4.78 is 2.21. The summed E-state index contributed by atoms with van der Waals surface area (Å²) in [6.45, 7) is 3.15. The Balaban J connectivity index is 2.58. The third kappa shape index (κ3) is 1.77. The Kier molecular flexibility index (Phi) is 2.78. The maximum atomic E-state index is 3.19. The minimum absolute atomic E-state index is 0.938. The van der Waals surface area contributed by atoms with E-state index in [1.54, 1.807) is 0 Å². The highest BCUT2D eigenvalue weighted by Crippen LogP contribution is 2.22. The summed E-state index contributed by atoms with van der Waals surface area (Å²) in [7, 11) is 4.09. The van der Waals surface area contributed by atoms with E-state index >= 15 is 0 Å². The van der Waals surface area contributed by atoms with Gasteiger partial charge in [0.05, 0.1) is 0 Å². The van der Waals surface area contributed by atoms with Gasteiger partial charge in [-0.25, -0.2) is 0 Å². The van der Waals surface area contributed by atoms with Gasteiger partial charge in [-0.3, -0.25) is 0 Å². The van der Waals surface area contributed by atoms with Gasteiger partial charge in [0.15, 0.2) is 0 Å². The van der Waals surface area contributed by atoms with E-state index in [0.717, 1.165) is 13.0 Å². The molecule has 0 fully saturated rings. The highest BCUT2D eigenvalue weighted by Gasteiger charge is 2.05. The summed E-state index contributed by atoms with van der Waals surface area (Å²) in [5.41, 5.74) is 4.11. The van der Waals surface area contributed by atoms with Crippen LogP contribution in [-0.2, 0) is 20.0 Å². The fraction of sp³-hybridized carbons (Fsp3) is 0.385. The van der Waals surface area contributed by atoms with Crippen molar-refractivity contribution in [2.75, 3.05) is 7.05 Å². The van der Waals surface area contributed by atoms with E-state index in [0.29, 0.717) is 0 Å². The lowest BCUT2D eigenvalue weighted by Gasteiger charge is -2.02. The highest BCUT2D eigenvalue weighted by atomic mass is 14.9. The standard InChI is InChI=1S/C13H18N2/c1-4-11-9-15(3)13-6-5-10(8-14-2)7-12(11)13/h5-7,9,14H,4,8H2,1-3H3. The van der Waals surface area contributed by atoms with Crippen molar-refractivity contribution in [1.29, 1.82) is 0 Å². The van der Waals surface area contributed by atoms with Gasteiger partial charge in [-0.2, -0.15) is 0 Å². The molecule has 0 aliphatic carbocycles. The van der Waals surface area contributed by atoms with Crippen LogP contribution in [0.5, 0.6) is 0 Å². The summed E-state index contributed by atoms with van der Waals surface area (Å²) in [6.07, 6.45) is 3.33. The van der Waals surface area contributed by atoms with Crippen molar-refractivity contribution in [3.63, 3.8) is 0 Å². The van der Waals surface area contributed by atoms with Gasteiger partial charge in [0.25, 0.3) is 0 Å². The normalized spacial score (nSPS) is 11.1. The van der Waals surface area contributed by atoms with Crippen LogP contribution in [0.4, 0.5) is 0 Å². The largest absolute Gasteiger partial charge is 0.350 e. The molecule has 0 radical (unpaired) electrons. The van der Waals surface area contributed by atoms with Gasteiger partial charge in [-0.15, -0.1) is 0 Å². The average Bonchev–Trinajstić information content (AvgIpc) is 2.56. The zero-order chi connectivity index (χ0) is 10.8. The van der Waals surface area contributed by atoms with Crippen LogP contribution in [0.1, 0.15) is 18.1 Å². The molecular formula is C13H18N2. The summed E-state index contributed by atoms with van der Waals surface area (Å²) >= 11 is 0. The lowest BCUT2D eigenvalue weighted by atomic mass is 10.1. The van der Waals surface area contributed by atoms with Gasteiger partial charge < -0.3 is 9.88 Å². The molecule has 0 atom stereocenters. The number of hydrogen-bond acceptors (Lipinski definition) is 1. The van der Waals surface area contributed by atoms with Crippen LogP contribution in [-0.4, -0.2) is 11.6 Å². The quantitative estimate of drug-likeness (QED) is 0.809. The Morgan fingerprint density at radius 2 is 2.13 bits per heavy atom. The summed E-state index contributed by atoms with van der Waals surface area (Å²) in [6, 6.07) is 6.70. The number of benzene rings is 1. The van der Waals surface area contributed by atoms with Gasteiger partial charge in [0, 0.05) is 30.7 Å². The lowest BCUT2D eigenvalue weighted by Crippen LogP contribution is -2.04. The second-order valence-corrected chi connectivity index (χ2v) is 4.00. The van der Waals surface area contributed by atoms with Gasteiger partial charge >= 0.3 is 0 Å². The second kappa shape index (κ2) is 4.07. The molecular weight excluding hydrogens is 184 g/mol. The van der Waals surface area contributed by atoms with Crippen LogP contribution in [0.25, 0.3) is 10.9 Å². The van der Waals surface area contributed by atoms with Crippen molar-refractivity contribution in [3.8, 4) is 0 Å². The van der Waals surface area contributed by atoms with E-state index < -0.39 is 0 Å². The molecule has 1 heterocycles. The minimum atomic E-state index is 0.938. The molecule has 1 aromatic carbocycles. The van der Waals surface area contributed by atoms with Crippen molar-refractivity contribution in [2.24, 2.45) is 7.05 Å². The number of fused-ring (bicyclic) bond motifs is 1. The SMILES string of the molecule is CCc1cn(C)c2ccc(CNC)cc12. The monoisotopic (exact) mass is 202 g/mol. The maximum absolute atomic E-state index is 3.19. The molecule has 0 bridgehead atoms. The molecule has 0 aliphatic heterocycles. The Morgan fingerprint density at radius 1 is 1.33 bits per heavy atom. The second-order valence-electron chi connectivity index (χ2n) is 4.00. The molecule has 0 unspecified atom stereocenters. The molecule has 0 amide bonds. The third-order valence-corrected chi connectivity index (χ3v) is 2.90. The maximum Gasteiger partial charge on any atom is 0.0480 e. The molecule has 80 valence electrons. The Bertz CT molecular complexity index is 469. The van der Waals surface area contributed by atoms with E-state index in [4.69, 9.17) is 0 Å². The van der Waals surface area contributed by atoms with Gasteiger partial charge in [0.2, 0.25) is 0 Å². The summed E-state index contributed by atoms with van der Waals surface area (Å²) in [5.74, 6) is 0. The molecule has 15 heavy (non-hydrogen) atoms. The Morgan fingerprint density at radius 3 is 2.80 bits per heavy atom. The predicted molar refractivity (Wildman–Crippen MR) is 65.1 cm³/mol. The van der Waals surface area contributed by atoms with Gasteiger partial charge in [-0.1, -0.05) is 13.0 Å². The highest BCUT2D eigenvalue weighted by molar-refractivity contribution is 5.84. The fourth-order valence-electron chi connectivity index (χ4n) is 2.12. The van der Waals surface area contributed by atoms with Crippen LogP contribution < -0.4 is 5.32 Å². The Labute approximate surface area is 90.9 Å². The lowest BCUT2D eigenvalue weighted by molar-refractivity contribution is 0.819. The van der Waals surface area contributed by atoms with Crippen LogP contribution in [0.15, 0.2) is 24.4 Å². The van der Waals surface area contributed by atoms with Crippen molar-refractivity contribution >= 4 is 10.9 Å². The number of rotatable bonds is 3. The van der Waals surface area contributed by atoms with E-state index in [2.05, 4.69) is 48.3 Å². The van der Waals surface area contributed by atoms with Crippen LogP contribution in [0.2, 0.25) is 0 Å². The molecule has 1 aromatic heterocycles. The Hall–Kier alpha value is -1.28. The van der Waals surface area contributed by atoms with E-state index in [1.807, 2.05) is 7.05 Å². The van der Waals surface area contributed by atoms with Gasteiger partial charge in [-0.05, 0) is 36.7 Å². The molecule has 2 heteroatoms. The number of hydrogen-bond donors (Lipinski definition) is 1. The molecule has 0 saturated carbocycles. The number of aromatic nitrogens is 1. The predicted octanol–water partition coefficient (Wildman–Crippen LogP) is 2.46. The topological polar surface area (TPSA) is 17.0 Å². The number of nitrogens with one attached hydrogen (secondary N) is 1. The molecule has 0 saturated heterocycles. The zero-order valence-corrected chi connectivity index (χ0v) is 9.67. The molecule has 2 aromatic rings. The summed E-state index contributed by atoms with van der Waals surface area (Å²) in [4.78, 5) is 0. The smallest absolute Gasteiger partial charge is 0.0480 e. The zero-order valence-electron chi connectivity index (χ0n) is 9.67. The number of nitrogens with zero attached hydrogens (tertiary/aromatic N) is 1. The first-order valence-electron chi connectivity index (χ1n) is 5.47. The van der Waals surface area contributed by atoms with Gasteiger partial charge in [0.1, 0.15) is 0 Å². The first-order chi connectivity index (χ1) is 7.26. The molecule has 2 rings (SSSR count). The van der Waals surface area contributed by atoms with Crippen molar-refractivity contribution < 1.29 is 0 Å². The molecule has 0 spiro atoms. The van der Waals surface area contributed by atoms with Crippen LogP contribution in [0, 0.1) is 0 Å². The molecule has 0 aliphatic rings. The van der Waals surface area contributed by atoms with Crippen LogP contribution in [0.3, 0.4) is 0 Å². The molecule has 1 N–H and O–H groups in total. The minimum Gasteiger partial charge on any atom is -0.350 e. The average molecular weight is 202 g/mol. The van der Waals surface area contributed by atoms with Crippen molar-refractivity contribution in [2.45, 2.75) is 19.9 Å². The summed E-state index contributed by atoms with van der Waals surface area (Å²) in [5, 5.41) is 4.58. The van der Waals surface area contributed by atoms with E-state index in [-0.39, 0.29) is 0 Å². The first-order valence-corrected chi connectivity index (χ1v) is 5.47. The van der Waals surface area contributed by atoms with E-state index in [1.165, 1.54) is 22.0 Å². The van der Waals surface area contributed by atoms with Crippen molar-refractivity contribution in [1.82, 2.24) is 9.88 Å². The van der Waals surface area contributed by atoms with E-state index in [9.17, 15) is 0 Å². The van der Waals surface area contributed by atoms with Crippen LogP contribution >= 0.6 is 0 Å². The molecule has 2 nitrogen and oxygen atoms in total. The third-order valence-electron chi connectivity index (χ3n) is 2.90. The fourth-order valence-corrected chi connectivity index (χ4v) is 2.12. The first kappa shape index (κ1) is 10.2.